The number of nitrogens with one attached hydrogen (secondary N) is 1. The van der Waals surface area contributed by atoms with E-state index in [0.717, 1.165) is 40.8 Å². The molecule has 0 amide bonds. The predicted molar refractivity (Wildman–Crippen MR) is 77.3 cm³/mol. The molecule has 1 saturated carbocycles. The number of methoxy groups -OCH3 is 1. The van der Waals surface area contributed by atoms with Gasteiger partial charge in [-0.2, -0.15) is 0 Å². The van der Waals surface area contributed by atoms with Gasteiger partial charge in [-0.25, -0.2) is 0 Å². The topological polar surface area (TPSA) is 62.3 Å². The highest BCUT2D eigenvalue weighted by Crippen LogP contribution is 2.48. The second kappa shape index (κ2) is 4.85. The molecule has 1 fully saturated rings. The second-order valence-electron chi connectivity index (χ2n) is 5.59. The molecule has 106 valence electrons. The molecule has 0 saturated heterocycles. The van der Waals surface area contributed by atoms with E-state index >= 15 is 0 Å². The number of benzene rings is 1. The van der Waals surface area contributed by atoms with Gasteiger partial charge >= 0.3 is 5.97 Å². The Bertz CT molecular complexity index is 655. The fourth-order valence-electron chi connectivity index (χ4n) is 3.19. The Labute approximate surface area is 117 Å². The fourth-order valence-corrected chi connectivity index (χ4v) is 3.19. The summed E-state index contributed by atoms with van der Waals surface area (Å²) < 4.78 is 5.47. The number of ether oxygens (including phenoxy) is 1. The lowest BCUT2D eigenvalue weighted by atomic mass is 9.88. The van der Waals surface area contributed by atoms with Crippen LogP contribution in [0.1, 0.15) is 36.4 Å². The van der Waals surface area contributed by atoms with Crippen molar-refractivity contribution in [3.63, 3.8) is 0 Å². The molecule has 1 aromatic carbocycles. The molecule has 1 aromatic heterocycles. The van der Waals surface area contributed by atoms with Crippen LogP contribution in [0.15, 0.2) is 18.2 Å². The number of aromatic amines is 1. The van der Waals surface area contributed by atoms with Crippen molar-refractivity contribution >= 4 is 16.9 Å². The number of hydrogen-bond acceptors (Lipinski definition) is 2. The lowest BCUT2D eigenvalue weighted by Crippen LogP contribution is -2.09. The van der Waals surface area contributed by atoms with E-state index in [1.165, 1.54) is 0 Å². The first-order chi connectivity index (χ1) is 9.61. The van der Waals surface area contributed by atoms with E-state index in [9.17, 15) is 9.90 Å². The number of H-pyrrole nitrogens is 1. The van der Waals surface area contributed by atoms with Gasteiger partial charge in [0.25, 0.3) is 0 Å². The van der Waals surface area contributed by atoms with Crippen LogP contribution >= 0.6 is 0 Å². The van der Waals surface area contributed by atoms with Gasteiger partial charge < -0.3 is 14.8 Å². The number of hydrogen-bond donors (Lipinski definition) is 2. The highest BCUT2D eigenvalue weighted by Gasteiger charge is 2.36. The minimum Gasteiger partial charge on any atom is -0.496 e. The van der Waals surface area contributed by atoms with Gasteiger partial charge in [0.15, 0.2) is 0 Å². The Hall–Kier alpha value is -1.97. The van der Waals surface area contributed by atoms with Crippen LogP contribution in [0.2, 0.25) is 0 Å². The molecular weight excluding hydrogens is 254 g/mol. The molecule has 3 rings (SSSR count). The molecule has 2 aromatic rings. The van der Waals surface area contributed by atoms with Crippen LogP contribution in [0, 0.1) is 12.8 Å². The summed E-state index contributed by atoms with van der Waals surface area (Å²) in [5.74, 6) is 0.662. The maximum absolute atomic E-state index is 11.2. The maximum Gasteiger partial charge on any atom is 0.303 e. The van der Waals surface area contributed by atoms with E-state index in [-0.39, 0.29) is 12.3 Å². The predicted octanol–water partition coefficient (Wildman–Crippen LogP) is 3.45. The average Bonchev–Trinajstić information content (AvgIpc) is 3.18. The third kappa shape index (κ3) is 2.15. The Kier molecular flexibility index (Phi) is 3.16. The minimum atomic E-state index is -0.731. The second-order valence-corrected chi connectivity index (χ2v) is 5.59. The first-order valence-corrected chi connectivity index (χ1v) is 6.98. The van der Waals surface area contributed by atoms with Crippen LogP contribution < -0.4 is 4.74 Å². The molecule has 1 unspecified atom stereocenters. The van der Waals surface area contributed by atoms with Gasteiger partial charge in [0, 0.05) is 16.6 Å². The Morgan fingerprint density at radius 1 is 1.50 bits per heavy atom. The zero-order valence-electron chi connectivity index (χ0n) is 11.8. The van der Waals surface area contributed by atoms with Crippen LogP contribution in [-0.4, -0.2) is 23.2 Å². The normalized spacial score (nSPS) is 16.3. The highest BCUT2D eigenvalue weighted by atomic mass is 16.5. The number of carboxylic acids is 1. The van der Waals surface area contributed by atoms with E-state index in [4.69, 9.17) is 4.74 Å². The van der Waals surface area contributed by atoms with E-state index in [1.54, 1.807) is 7.11 Å². The molecule has 1 atom stereocenters. The summed E-state index contributed by atoms with van der Waals surface area (Å²) in [5.41, 5.74) is 3.21. The Morgan fingerprint density at radius 3 is 2.85 bits per heavy atom. The van der Waals surface area contributed by atoms with Gasteiger partial charge in [0.2, 0.25) is 0 Å². The minimum absolute atomic E-state index is 0.0811. The lowest BCUT2D eigenvalue weighted by Gasteiger charge is -2.16. The lowest BCUT2D eigenvalue weighted by molar-refractivity contribution is -0.137. The zero-order chi connectivity index (χ0) is 14.3. The van der Waals surface area contributed by atoms with E-state index in [1.807, 2.05) is 25.1 Å². The number of aliphatic carboxylic acids is 1. The number of carboxylic acid groups (broad SMARTS) is 1. The van der Waals surface area contributed by atoms with Crippen LogP contribution in [0.4, 0.5) is 0 Å². The maximum atomic E-state index is 11.2. The average molecular weight is 273 g/mol. The molecule has 0 bridgehead atoms. The molecule has 20 heavy (non-hydrogen) atoms. The number of carbonyl (C=O) groups is 1. The van der Waals surface area contributed by atoms with Crippen molar-refractivity contribution in [3.05, 3.63) is 29.5 Å². The van der Waals surface area contributed by atoms with Crippen molar-refractivity contribution in [1.82, 2.24) is 4.98 Å². The first kappa shape index (κ1) is 13.0. The number of aryl methyl sites for hydroxylation is 1. The standard InChI is InChI=1S/C16H19NO3/c1-9-15(11(8-14(18)19)10-6-7-10)16-12(17-9)4-3-5-13(16)20-2/h3-5,10-11,17H,6-8H2,1-2H3,(H,18,19). The van der Waals surface area contributed by atoms with Gasteiger partial charge in [0.1, 0.15) is 5.75 Å². The molecule has 0 spiro atoms. The van der Waals surface area contributed by atoms with Crippen molar-refractivity contribution in [2.75, 3.05) is 7.11 Å². The molecule has 1 aliphatic rings. The van der Waals surface area contributed by atoms with Crippen LogP contribution in [-0.2, 0) is 4.79 Å². The molecule has 4 heteroatoms. The van der Waals surface area contributed by atoms with E-state index in [2.05, 4.69) is 4.98 Å². The van der Waals surface area contributed by atoms with Gasteiger partial charge in [-0.05, 0) is 49.3 Å². The van der Waals surface area contributed by atoms with Gasteiger partial charge in [-0.3, -0.25) is 4.79 Å². The van der Waals surface area contributed by atoms with Gasteiger partial charge in [-0.15, -0.1) is 0 Å². The fraction of sp³-hybridized carbons (Fsp3) is 0.438. The van der Waals surface area contributed by atoms with Gasteiger partial charge in [-0.1, -0.05) is 6.07 Å². The molecule has 0 radical (unpaired) electrons. The molecular formula is C16H19NO3. The summed E-state index contributed by atoms with van der Waals surface area (Å²) in [6, 6.07) is 5.90. The van der Waals surface area contributed by atoms with Crippen LogP contribution in [0.3, 0.4) is 0 Å². The van der Waals surface area contributed by atoms with Gasteiger partial charge in [0.05, 0.1) is 13.5 Å². The quantitative estimate of drug-likeness (QED) is 0.877. The van der Waals surface area contributed by atoms with Crippen LogP contribution in [0.5, 0.6) is 5.75 Å². The molecule has 2 N–H and O–H groups in total. The smallest absolute Gasteiger partial charge is 0.303 e. The summed E-state index contributed by atoms with van der Waals surface area (Å²) in [5, 5.41) is 10.3. The molecule has 1 aliphatic carbocycles. The highest BCUT2D eigenvalue weighted by molar-refractivity contribution is 5.91. The van der Waals surface area contributed by atoms with Crippen molar-refractivity contribution < 1.29 is 14.6 Å². The third-order valence-electron chi connectivity index (χ3n) is 4.20. The zero-order valence-corrected chi connectivity index (χ0v) is 11.8. The van der Waals surface area contributed by atoms with Crippen molar-refractivity contribution in [3.8, 4) is 5.75 Å². The van der Waals surface area contributed by atoms with Crippen LogP contribution in [0.25, 0.3) is 10.9 Å². The summed E-state index contributed by atoms with van der Waals surface area (Å²) in [7, 11) is 1.66. The molecule has 4 nitrogen and oxygen atoms in total. The summed E-state index contributed by atoms with van der Waals surface area (Å²) in [6.07, 6.45) is 2.44. The largest absolute Gasteiger partial charge is 0.496 e. The van der Waals surface area contributed by atoms with Crippen molar-refractivity contribution in [1.29, 1.82) is 0 Å². The first-order valence-electron chi connectivity index (χ1n) is 6.98. The molecule has 1 heterocycles. The summed E-state index contributed by atoms with van der Waals surface area (Å²) in [6.45, 7) is 2.02. The number of fused-ring (bicyclic) bond motifs is 1. The summed E-state index contributed by atoms with van der Waals surface area (Å²) in [4.78, 5) is 14.6. The van der Waals surface area contributed by atoms with Crippen molar-refractivity contribution in [2.24, 2.45) is 5.92 Å². The Morgan fingerprint density at radius 2 is 2.25 bits per heavy atom. The summed E-state index contributed by atoms with van der Waals surface area (Å²) >= 11 is 0. The monoisotopic (exact) mass is 273 g/mol. The Balaban J connectivity index is 2.17. The number of rotatable bonds is 5. The third-order valence-corrected chi connectivity index (χ3v) is 4.20. The van der Waals surface area contributed by atoms with E-state index in [0.29, 0.717) is 5.92 Å². The van der Waals surface area contributed by atoms with Crippen molar-refractivity contribution in [2.45, 2.75) is 32.1 Å². The SMILES string of the molecule is COc1cccc2[nH]c(C)c(C(CC(=O)O)C3CC3)c12. The van der Waals surface area contributed by atoms with E-state index < -0.39 is 5.97 Å². The number of aromatic nitrogens is 1. The molecule has 0 aliphatic heterocycles.